The van der Waals surface area contributed by atoms with Gasteiger partial charge in [-0.15, -0.1) is 0 Å². The first-order valence-corrected chi connectivity index (χ1v) is 9.43. The summed E-state index contributed by atoms with van der Waals surface area (Å²) in [7, 11) is 0. The number of ether oxygens (including phenoxy) is 1. The quantitative estimate of drug-likeness (QED) is 0.712. The Kier molecular flexibility index (Phi) is 6.44. The smallest absolute Gasteiger partial charge is 0.407 e. The summed E-state index contributed by atoms with van der Waals surface area (Å²) in [6, 6.07) is 0.892. The molecule has 0 radical (unpaired) electrons. The summed E-state index contributed by atoms with van der Waals surface area (Å²) < 4.78 is 33.6. The summed E-state index contributed by atoms with van der Waals surface area (Å²) in [6.45, 7) is 6.24. The van der Waals surface area contributed by atoms with E-state index in [4.69, 9.17) is 4.74 Å². The first-order valence-electron chi connectivity index (χ1n) is 8.64. The zero-order valence-electron chi connectivity index (χ0n) is 15.8. The minimum Gasteiger partial charge on any atom is -0.447 e. The number of nitrogens with one attached hydrogen (secondary N) is 1. The Morgan fingerprint density at radius 1 is 1.44 bits per heavy atom. The van der Waals surface area contributed by atoms with Crippen molar-refractivity contribution in [3.05, 3.63) is 28.0 Å². The number of piperidine rings is 1. The van der Waals surface area contributed by atoms with Gasteiger partial charge in [-0.25, -0.2) is 18.6 Å². The number of rotatable bonds is 3. The van der Waals surface area contributed by atoms with Crippen molar-refractivity contribution in [3.8, 4) is 0 Å². The van der Waals surface area contributed by atoms with Crippen LogP contribution in [0.15, 0.2) is 16.9 Å². The molecule has 150 valence electrons. The molecule has 2 amide bonds. The van der Waals surface area contributed by atoms with E-state index in [2.05, 4.69) is 26.2 Å². The van der Waals surface area contributed by atoms with Crippen LogP contribution in [0.1, 0.15) is 49.5 Å². The van der Waals surface area contributed by atoms with E-state index in [-0.39, 0.29) is 19.4 Å². The number of likely N-dealkylation sites (tertiary alicyclic amines) is 1. The van der Waals surface area contributed by atoms with Crippen LogP contribution in [0, 0.1) is 6.92 Å². The van der Waals surface area contributed by atoms with E-state index >= 15 is 0 Å². The summed E-state index contributed by atoms with van der Waals surface area (Å²) in [5.41, 5.74) is 0.396. The lowest BCUT2D eigenvalue weighted by molar-refractivity contribution is -0.0791. The van der Waals surface area contributed by atoms with Gasteiger partial charge in [0.05, 0.1) is 12.6 Å². The second kappa shape index (κ2) is 8.08. The van der Waals surface area contributed by atoms with Gasteiger partial charge >= 0.3 is 6.09 Å². The molecule has 6 nitrogen and oxygen atoms in total. The van der Waals surface area contributed by atoms with Crippen molar-refractivity contribution in [2.24, 2.45) is 0 Å². The highest BCUT2D eigenvalue weighted by Crippen LogP contribution is 2.32. The van der Waals surface area contributed by atoms with Crippen molar-refractivity contribution >= 4 is 27.9 Å². The average molecular weight is 448 g/mol. The van der Waals surface area contributed by atoms with E-state index in [0.29, 0.717) is 15.7 Å². The van der Waals surface area contributed by atoms with E-state index in [1.54, 1.807) is 27.7 Å². The predicted molar refractivity (Wildman–Crippen MR) is 99.9 cm³/mol. The van der Waals surface area contributed by atoms with Crippen molar-refractivity contribution < 1.29 is 23.1 Å². The molecule has 0 saturated carbocycles. The Labute approximate surface area is 165 Å². The number of hydrogen-bond donors (Lipinski definition) is 1. The number of alkyl carbamates (subject to hydrolysis) is 1. The number of pyridine rings is 1. The van der Waals surface area contributed by atoms with Gasteiger partial charge in [-0.1, -0.05) is 0 Å². The molecular formula is C18H24BrF2N3O3. The molecule has 2 rings (SSSR count). The van der Waals surface area contributed by atoms with Gasteiger partial charge in [0.1, 0.15) is 11.2 Å². The number of hydrogen-bond acceptors (Lipinski definition) is 4. The minimum absolute atomic E-state index is 0.0485. The molecule has 1 aliphatic rings. The van der Waals surface area contributed by atoms with Gasteiger partial charge < -0.3 is 15.0 Å². The molecular weight excluding hydrogens is 424 g/mol. The van der Waals surface area contributed by atoms with Crippen LogP contribution in [-0.4, -0.2) is 52.5 Å². The zero-order valence-corrected chi connectivity index (χ0v) is 17.4. The van der Waals surface area contributed by atoms with Crippen LogP contribution in [0.3, 0.4) is 0 Å². The molecule has 1 atom stereocenters. The molecule has 0 aromatic carbocycles. The number of amides is 2. The van der Waals surface area contributed by atoms with E-state index in [9.17, 15) is 18.4 Å². The Balaban J connectivity index is 2.16. The number of carbonyl (C=O) groups excluding carboxylic acids is 2. The summed E-state index contributed by atoms with van der Waals surface area (Å²) in [5.74, 6) is -3.50. The lowest BCUT2D eigenvalue weighted by Crippen LogP contribution is -2.54. The minimum atomic E-state index is -2.97. The second-order valence-corrected chi connectivity index (χ2v) is 8.59. The van der Waals surface area contributed by atoms with Crippen molar-refractivity contribution in [1.82, 2.24) is 15.2 Å². The molecule has 0 aliphatic carbocycles. The Hall–Kier alpha value is -1.77. The van der Waals surface area contributed by atoms with Crippen molar-refractivity contribution in [2.75, 3.05) is 13.2 Å². The van der Waals surface area contributed by atoms with Crippen LogP contribution in [0.4, 0.5) is 13.6 Å². The van der Waals surface area contributed by atoms with Gasteiger partial charge in [0.15, 0.2) is 0 Å². The number of halogens is 3. The Bertz CT molecular complexity index is 722. The normalized spacial score (nSPS) is 19.5. The predicted octanol–water partition coefficient (Wildman–Crippen LogP) is 3.92. The van der Waals surface area contributed by atoms with E-state index in [1.807, 2.05) is 0 Å². The van der Waals surface area contributed by atoms with E-state index in [1.165, 1.54) is 12.3 Å². The summed E-state index contributed by atoms with van der Waals surface area (Å²) in [6.07, 6.45) is 0.550. The molecule has 0 spiro atoms. The van der Waals surface area contributed by atoms with E-state index in [0.717, 1.165) is 4.90 Å². The first-order chi connectivity index (χ1) is 12.4. The highest BCUT2D eigenvalue weighted by atomic mass is 79.9. The fraction of sp³-hybridized carbons (Fsp3) is 0.611. The average Bonchev–Trinajstić information content (AvgIpc) is 2.53. The fourth-order valence-corrected chi connectivity index (χ4v) is 3.13. The largest absolute Gasteiger partial charge is 0.447 e. The number of aryl methyl sites for hydroxylation is 1. The number of alkyl halides is 2. The Morgan fingerprint density at radius 3 is 2.74 bits per heavy atom. The van der Waals surface area contributed by atoms with Crippen LogP contribution >= 0.6 is 15.9 Å². The van der Waals surface area contributed by atoms with Crippen LogP contribution in [0.5, 0.6) is 0 Å². The Morgan fingerprint density at radius 2 is 2.11 bits per heavy atom. The summed E-state index contributed by atoms with van der Waals surface area (Å²) in [4.78, 5) is 29.9. The van der Waals surface area contributed by atoms with Crippen molar-refractivity contribution in [2.45, 2.75) is 58.0 Å². The standard InChI is InChI=1S/C18H24BrF2N3O3/c1-11-8-22-14(19)7-13(11)15(25)24-10-18(20,21)6-5-12(24)9-27-16(26)23-17(2,3)4/h7-8,12H,5-6,9-10H2,1-4H3,(H,23,26). The maximum Gasteiger partial charge on any atom is 0.407 e. The second-order valence-electron chi connectivity index (χ2n) is 7.78. The fourth-order valence-electron chi connectivity index (χ4n) is 2.80. The van der Waals surface area contributed by atoms with Crippen molar-refractivity contribution in [3.63, 3.8) is 0 Å². The number of nitrogens with zero attached hydrogens (tertiary/aromatic N) is 2. The van der Waals surface area contributed by atoms with Gasteiger partial charge in [0, 0.05) is 23.7 Å². The third kappa shape index (κ3) is 6.12. The zero-order chi connectivity index (χ0) is 20.4. The molecule has 1 unspecified atom stereocenters. The highest BCUT2D eigenvalue weighted by molar-refractivity contribution is 9.10. The third-order valence-corrected chi connectivity index (χ3v) is 4.56. The summed E-state index contributed by atoms with van der Waals surface area (Å²) in [5, 5.41) is 2.64. The van der Waals surface area contributed by atoms with Gasteiger partial charge in [-0.05, 0) is 61.7 Å². The number of carbonyl (C=O) groups is 2. The molecule has 1 fully saturated rings. The molecule has 1 N–H and O–H groups in total. The van der Waals surface area contributed by atoms with Gasteiger partial charge in [0.25, 0.3) is 11.8 Å². The molecule has 2 heterocycles. The molecule has 0 bridgehead atoms. The van der Waals surface area contributed by atoms with Crippen LogP contribution in [-0.2, 0) is 4.74 Å². The van der Waals surface area contributed by atoms with Gasteiger partial charge in [-0.3, -0.25) is 4.79 Å². The molecule has 1 aromatic heterocycles. The topological polar surface area (TPSA) is 71.5 Å². The van der Waals surface area contributed by atoms with Gasteiger partial charge in [-0.2, -0.15) is 0 Å². The monoisotopic (exact) mass is 447 g/mol. The van der Waals surface area contributed by atoms with Crippen LogP contribution in [0.25, 0.3) is 0 Å². The lowest BCUT2D eigenvalue weighted by atomic mass is 9.98. The van der Waals surface area contributed by atoms with E-state index < -0.39 is 36.0 Å². The lowest BCUT2D eigenvalue weighted by Gasteiger charge is -2.39. The summed E-state index contributed by atoms with van der Waals surface area (Å²) >= 11 is 3.20. The van der Waals surface area contributed by atoms with Crippen LogP contribution < -0.4 is 5.32 Å². The van der Waals surface area contributed by atoms with Gasteiger partial charge in [0.2, 0.25) is 0 Å². The molecule has 27 heavy (non-hydrogen) atoms. The molecule has 1 aromatic rings. The third-order valence-electron chi connectivity index (χ3n) is 4.13. The first kappa shape index (κ1) is 21.5. The SMILES string of the molecule is Cc1cnc(Br)cc1C(=O)N1CC(F)(F)CCC1COC(=O)NC(C)(C)C. The molecule has 9 heteroatoms. The maximum absolute atomic E-state index is 14.0. The van der Waals surface area contributed by atoms with Crippen LogP contribution in [0.2, 0.25) is 0 Å². The molecule has 1 saturated heterocycles. The number of aromatic nitrogens is 1. The van der Waals surface area contributed by atoms with Crippen molar-refractivity contribution in [1.29, 1.82) is 0 Å². The highest BCUT2D eigenvalue weighted by Gasteiger charge is 2.43. The molecule has 1 aliphatic heterocycles. The maximum atomic E-state index is 14.0.